The number of carbonyl (C=O) groups is 1. The maximum atomic E-state index is 12.0. The van der Waals surface area contributed by atoms with Gasteiger partial charge in [0.05, 0.1) is 6.61 Å². The molecule has 0 saturated heterocycles. The van der Waals surface area contributed by atoms with Gasteiger partial charge in [0.25, 0.3) is 0 Å². The minimum Gasteiger partial charge on any atom is -0.465 e. The number of thioether (sulfide) groups is 1. The van der Waals surface area contributed by atoms with Crippen molar-refractivity contribution in [2.24, 2.45) is 0 Å². The van der Waals surface area contributed by atoms with Crippen LogP contribution >= 0.6 is 11.8 Å². The third-order valence-electron chi connectivity index (χ3n) is 3.11. The van der Waals surface area contributed by atoms with E-state index in [2.05, 4.69) is 0 Å². The van der Waals surface area contributed by atoms with Crippen LogP contribution in [0.4, 0.5) is 0 Å². The van der Waals surface area contributed by atoms with Crippen molar-refractivity contribution in [2.45, 2.75) is 65.2 Å². The second-order valence-corrected chi connectivity index (χ2v) is 10.0. The number of ether oxygens (including phenoxy) is 1. The molecular weight excluding hydrogens is 332 g/mol. The third-order valence-corrected chi connectivity index (χ3v) is 7.64. The second-order valence-electron chi connectivity index (χ2n) is 5.58. The molecule has 0 aliphatic carbocycles. The van der Waals surface area contributed by atoms with Crippen LogP contribution in [0.3, 0.4) is 0 Å². The van der Waals surface area contributed by atoms with Gasteiger partial charge in [0.15, 0.2) is 0 Å². The molecule has 0 unspecified atom stereocenters. The van der Waals surface area contributed by atoms with E-state index >= 15 is 0 Å². The molecule has 23 heavy (non-hydrogen) atoms. The number of esters is 1. The van der Waals surface area contributed by atoms with Crippen molar-refractivity contribution in [2.75, 3.05) is 32.2 Å². The highest BCUT2D eigenvalue weighted by molar-refractivity contribution is 8.01. The third kappa shape index (κ3) is 9.10. The van der Waals surface area contributed by atoms with E-state index in [-0.39, 0.29) is 5.97 Å². The van der Waals surface area contributed by atoms with Crippen LogP contribution in [0.15, 0.2) is 0 Å². The van der Waals surface area contributed by atoms with E-state index in [0.29, 0.717) is 26.4 Å². The van der Waals surface area contributed by atoms with Gasteiger partial charge >= 0.3 is 14.8 Å². The standard InChI is InChI=1S/C16H34O5SSi/c1-7-12-18-15(17)16(5,6)22-13-11-14-23(19-8-2,20-9-3)21-10-4/h7-14H2,1-6H3. The maximum Gasteiger partial charge on any atom is 0.500 e. The first kappa shape index (κ1) is 22.9. The zero-order chi connectivity index (χ0) is 17.8. The fourth-order valence-electron chi connectivity index (χ4n) is 2.04. The first-order valence-corrected chi connectivity index (χ1v) is 11.5. The van der Waals surface area contributed by atoms with Crippen LogP contribution in [-0.4, -0.2) is 51.7 Å². The molecule has 0 fully saturated rings. The van der Waals surface area contributed by atoms with Crippen LogP contribution in [0.1, 0.15) is 54.4 Å². The lowest BCUT2D eigenvalue weighted by atomic mass is 10.2. The molecule has 0 spiro atoms. The Morgan fingerprint density at radius 1 is 1.00 bits per heavy atom. The van der Waals surface area contributed by atoms with Crippen molar-refractivity contribution in [3.8, 4) is 0 Å². The summed E-state index contributed by atoms with van der Waals surface area (Å²) in [5, 5.41) is 0. The lowest BCUT2D eigenvalue weighted by Gasteiger charge is -2.29. The van der Waals surface area contributed by atoms with Crippen molar-refractivity contribution in [1.82, 2.24) is 0 Å². The lowest BCUT2D eigenvalue weighted by Crippen LogP contribution is -2.46. The Balaban J connectivity index is 4.39. The van der Waals surface area contributed by atoms with Crippen LogP contribution in [0.5, 0.6) is 0 Å². The highest BCUT2D eigenvalue weighted by atomic mass is 32.2. The van der Waals surface area contributed by atoms with E-state index in [1.54, 1.807) is 11.8 Å². The maximum absolute atomic E-state index is 12.0. The van der Waals surface area contributed by atoms with E-state index < -0.39 is 13.6 Å². The molecule has 0 aromatic carbocycles. The smallest absolute Gasteiger partial charge is 0.465 e. The average molecular weight is 367 g/mol. The number of carbonyl (C=O) groups excluding carboxylic acids is 1. The molecule has 0 aliphatic rings. The van der Waals surface area contributed by atoms with Crippen molar-refractivity contribution in [3.63, 3.8) is 0 Å². The molecular formula is C16H34O5SSi. The van der Waals surface area contributed by atoms with Gasteiger partial charge in [-0.25, -0.2) is 0 Å². The number of hydrogen-bond donors (Lipinski definition) is 0. The molecule has 138 valence electrons. The van der Waals surface area contributed by atoms with Crippen LogP contribution < -0.4 is 0 Å². The van der Waals surface area contributed by atoms with Crippen LogP contribution in [0, 0.1) is 0 Å². The molecule has 0 amide bonds. The van der Waals surface area contributed by atoms with Gasteiger partial charge in [0.1, 0.15) is 4.75 Å². The number of rotatable bonds is 14. The zero-order valence-corrected chi connectivity index (χ0v) is 17.4. The monoisotopic (exact) mass is 366 g/mol. The van der Waals surface area contributed by atoms with E-state index in [1.165, 1.54) is 0 Å². The van der Waals surface area contributed by atoms with Gasteiger partial charge in [-0.15, -0.1) is 11.8 Å². The Morgan fingerprint density at radius 3 is 1.96 bits per heavy atom. The van der Waals surface area contributed by atoms with Crippen molar-refractivity contribution in [1.29, 1.82) is 0 Å². The summed E-state index contributed by atoms with van der Waals surface area (Å²) in [4.78, 5) is 12.0. The summed E-state index contributed by atoms with van der Waals surface area (Å²) in [6.07, 6.45) is 1.74. The van der Waals surface area contributed by atoms with Gasteiger partial charge in [-0.2, -0.15) is 0 Å². The van der Waals surface area contributed by atoms with E-state index in [9.17, 15) is 4.79 Å². The molecule has 0 heterocycles. The Labute approximate surface area is 147 Å². The molecule has 0 aliphatic heterocycles. The average Bonchev–Trinajstić information content (AvgIpc) is 2.50. The van der Waals surface area contributed by atoms with Crippen molar-refractivity contribution >= 4 is 26.5 Å². The first-order valence-electron chi connectivity index (χ1n) is 8.60. The normalized spacial score (nSPS) is 12.4. The predicted molar refractivity (Wildman–Crippen MR) is 97.8 cm³/mol. The molecule has 0 N–H and O–H groups in total. The summed E-state index contributed by atoms with van der Waals surface area (Å²) >= 11 is 1.61. The van der Waals surface area contributed by atoms with Gasteiger partial charge in [0.2, 0.25) is 0 Å². The van der Waals surface area contributed by atoms with E-state index in [0.717, 1.165) is 24.6 Å². The summed E-state index contributed by atoms with van der Waals surface area (Å²) in [7, 11) is -2.57. The molecule has 0 atom stereocenters. The van der Waals surface area contributed by atoms with Crippen molar-refractivity contribution < 1.29 is 22.8 Å². The van der Waals surface area contributed by atoms with E-state index in [1.807, 2.05) is 41.5 Å². The molecule has 0 radical (unpaired) electrons. The molecule has 0 bridgehead atoms. The topological polar surface area (TPSA) is 54.0 Å². The van der Waals surface area contributed by atoms with Crippen molar-refractivity contribution in [3.05, 3.63) is 0 Å². The summed E-state index contributed by atoms with van der Waals surface area (Å²) in [5.74, 6) is 0.697. The van der Waals surface area contributed by atoms with Crippen LogP contribution in [-0.2, 0) is 22.8 Å². The van der Waals surface area contributed by atoms with Gasteiger partial charge in [-0.05, 0) is 53.2 Å². The highest BCUT2D eigenvalue weighted by Crippen LogP contribution is 2.28. The van der Waals surface area contributed by atoms with Gasteiger partial charge in [-0.3, -0.25) is 4.79 Å². The van der Waals surface area contributed by atoms with Crippen LogP contribution in [0.2, 0.25) is 6.04 Å². The Bertz CT molecular complexity index is 309. The predicted octanol–water partition coefficient (Wildman–Crippen LogP) is 3.89. The minimum absolute atomic E-state index is 0.146. The quantitative estimate of drug-likeness (QED) is 0.264. The summed E-state index contributed by atoms with van der Waals surface area (Å²) in [6.45, 7) is 14.0. The Hall–Kier alpha value is -0.0831. The fraction of sp³-hybridized carbons (Fsp3) is 0.938. The molecule has 0 aromatic rings. The van der Waals surface area contributed by atoms with E-state index in [4.69, 9.17) is 18.0 Å². The Kier molecular flexibility index (Phi) is 12.3. The highest BCUT2D eigenvalue weighted by Gasteiger charge is 2.40. The van der Waals surface area contributed by atoms with Gasteiger partial charge in [-0.1, -0.05) is 6.92 Å². The van der Waals surface area contributed by atoms with Gasteiger partial charge in [0, 0.05) is 25.9 Å². The van der Waals surface area contributed by atoms with Crippen LogP contribution in [0.25, 0.3) is 0 Å². The summed E-state index contributed by atoms with van der Waals surface area (Å²) in [5.41, 5.74) is 0. The summed E-state index contributed by atoms with van der Waals surface area (Å²) in [6, 6.07) is 0.773. The molecule has 7 heteroatoms. The zero-order valence-electron chi connectivity index (χ0n) is 15.6. The number of hydrogen-bond acceptors (Lipinski definition) is 6. The minimum atomic E-state index is -2.57. The molecule has 0 aromatic heterocycles. The SMILES string of the molecule is CCCOC(=O)C(C)(C)SCCC[Si](OCC)(OCC)OCC. The fourth-order valence-corrected chi connectivity index (χ4v) is 5.89. The lowest BCUT2D eigenvalue weighted by molar-refractivity contribution is -0.145. The first-order chi connectivity index (χ1) is 10.9. The summed E-state index contributed by atoms with van der Waals surface area (Å²) < 4.78 is 22.2. The molecule has 0 rings (SSSR count). The Morgan fingerprint density at radius 2 is 1.52 bits per heavy atom. The molecule has 0 saturated carbocycles. The largest absolute Gasteiger partial charge is 0.500 e. The second kappa shape index (κ2) is 12.3. The molecule has 5 nitrogen and oxygen atoms in total. The van der Waals surface area contributed by atoms with Gasteiger partial charge < -0.3 is 18.0 Å².